The largest absolute Gasteiger partial charge is 0.492 e. The molecule has 1 aromatic heterocycles. The third kappa shape index (κ3) is 4.20. The Hall–Kier alpha value is -2.89. The topological polar surface area (TPSA) is 71.5 Å². The van der Waals surface area contributed by atoms with Crippen LogP contribution in [-0.2, 0) is 16.0 Å². The number of pyridine rings is 1. The smallest absolute Gasteiger partial charge is 0.227 e. The molecule has 0 unspecified atom stereocenters. The van der Waals surface area contributed by atoms with Gasteiger partial charge in [-0.2, -0.15) is 0 Å². The standard InChI is InChI=1S/C20H23N3O3/c1-2-26-18-9-4-3-8-17(18)23-14-15(13-19(23)24)20(25)22-12-10-16-7-5-6-11-21-16/h3-9,11,15H,2,10,12-14H2,1H3,(H,22,25)/t15-/m0/s1. The number of anilines is 1. The van der Waals surface area contributed by atoms with E-state index in [0.717, 1.165) is 11.4 Å². The third-order valence-corrected chi connectivity index (χ3v) is 4.36. The van der Waals surface area contributed by atoms with Crippen LogP contribution < -0.4 is 15.0 Å². The van der Waals surface area contributed by atoms with Crippen LogP contribution in [0, 0.1) is 5.92 Å². The summed E-state index contributed by atoms with van der Waals surface area (Å²) >= 11 is 0. The number of rotatable bonds is 7. The molecule has 3 rings (SSSR count). The molecular weight excluding hydrogens is 330 g/mol. The van der Waals surface area contributed by atoms with E-state index in [1.54, 1.807) is 11.1 Å². The summed E-state index contributed by atoms with van der Waals surface area (Å²) in [6, 6.07) is 13.1. The summed E-state index contributed by atoms with van der Waals surface area (Å²) in [6.45, 7) is 3.31. The highest BCUT2D eigenvalue weighted by Crippen LogP contribution is 2.33. The summed E-state index contributed by atoms with van der Waals surface area (Å²) in [5.41, 5.74) is 1.66. The maximum absolute atomic E-state index is 12.4. The zero-order chi connectivity index (χ0) is 18.4. The quantitative estimate of drug-likeness (QED) is 0.828. The summed E-state index contributed by atoms with van der Waals surface area (Å²) in [5.74, 6) is 0.174. The first-order chi connectivity index (χ1) is 12.7. The first-order valence-corrected chi connectivity index (χ1v) is 8.89. The molecule has 1 saturated heterocycles. The van der Waals surface area contributed by atoms with E-state index in [2.05, 4.69) is 10.3 Å². The highest BCUT2D eigenvalue weighted by molar-refractivity contribution is 6.01. The molecule has 1 aliphatic rings. The number of aromatic nitrogens is 1. The van der Waals surface area contributed by atoms with Gasteiger partial charge in [-0.1, -0.05) is 18.2 Å². The number of para-hydroxylation sites is 2. The Balaban J connectivity index is 1.58. The molecule has 2 amide bonds. The highest BCUT2D eigenvalue weighted by atomic mass is 16.5. The van der Waals surface area contributed by atoms with Crippen molar-refractivity contribution in [3.63, 3.8) is 0 Å². The molecule has 1 aromatic carbocycles. The first kappa shape index (κ1) is 17.9. The Bertz CT molecular complexity index is 764. The molecule has 2 heterocycles. The van der Waals surface area contributed by atoms with Crippen LogP contribution >= 0.6 is 0 Å². The molecule has 2 aromatic rings. The predicted molar refractivity (Wildman–Crippen MR) is 99.0 cm³/mol. The van der Waals surface area contributed by atoms with Gasteiger partial charge in [0.05, 0.1) is 18.2 Å². The van der Waals surface area contributed by atoms with E-state index in [-0.39, 0.29) is 24.2 Å². The fraction of sp³-hybridized carbons (Fsp3) is 0.350. The predicted octanol–water partition coefficient (Wildman–Crippen LogP) is 2.19. The number of ether oxygens (including phenoxy) is 1. The molecule has 6 heteroatoms. The first-order valence-electron chi connectivity index (χ1n) is 8.89. The number of nitrogens with one attached hydrogen (secondary N) is 1. The van der Waals surface area contributed by atoms with Crippen LogP contribution in [0.2, 0.25) is 0 Å². The molecule has 0 aliphatic carbocycles. The van der Waals surface area contributed by atoms with E-state index in [1.165, 1.54) is 0 Å². The van der Waals surface area contributed by atoms with Gasteiger partial charge in [0.15, 0.2) is 0 Å². The van der Waals surface area contributed by atoms with Gasteiger partial charge in [0, 0.05) is 37.8 Å². The molecule has 0 bridgehead atoms. The van der Waals surface area contributed by atoms with Crippen molar-refractivity contribution in [2.75, 3.05) is 24.6 Å². The minimum absolute atomic E-state index is 0.0537. The van der Waals surface area contributed by atoms with Gasteiger partial charge >= 0.3 is 0 Å². The van der Waals surface area contributed by atoms with Gasteiger partial charge in [0.2, 0.25) is 11.8 Å². The van der Waals surface area contributed by atoms with Crippen molar-refractivity contribution in [2.24, 2.45) is 5.92 Å². The Morgan fingerprint density at radius 1 is 1.27 bits per heavy atom. The van der Waals surface area contributed by atoms with E-state index >= 15 is 0 Å². The normalized spacial score (nSPS) is 16.6. The Morgan fingerprint density at radius 2 is 2.08 bits per heavy atom. The second-order valence-electron chi connectivity index (χ2n) is 6.17. The summed E-state index contributed by atoms with van der Waals surface area (Å²) in [5, 5.41) is 2.92. The lowest BCUT2D eigenvalue weighted by Gasteiger charge is -2.20. The van der Waals surface area contributed by atoms with Crippen LogP contribution in [0.5, 0.6) is 5.75 Å². The summed E-state index contributed by atoms with van der Waals surface area (Å²) < 4.78 is 5.61. The van der Waals surface area contributed by atoms with Gasteiger partial charge in [0.1, 0.15) is 5.75 Å². The summed E-state index contributed by atoms with van der Waals surface area (Å²) in [4.78, 5) is 30.7. The van der Waals surface area contributed by atoms with Gasteiger partial charge in [-0.15, -0.1) is 0 Å². The van der Waals surface area contributed by atoms with E-state index in [9.17, 15) is 9.59 Å². The number of hydrogen-bond donors (Lipinski definition) is 1. The average Bonchev–Trinajstić information content (AvgIpc) is 3.05. The van der Waals surface area contributed by atoms with Gasteiger partial charge in [-0.05, 0) is 31.2 Å². The maximum atomic E-state index is 12.4. The van der Waals surface area contributed by atoms with Crippen molar-refractivity contribution >= 4 is 17.5 Å². The van der Waals surface area contributed by atoms with Crippen LogP contribution in [-0.4, -0.2) is 36.5 Å². The molecule has 0 saturated carbocycles. The number of carbonyl (C=O) groups is 2. The summed E-state index contributed by atoms with van der Waals surface area (Å²) in [7, 11) is 0. The minimum Gasteiger partial charge on any atom is -0.492 e. The molecule has 1 aliphatic heterocycles. The second kappa shape index (κ2) is 8.47. The fourth-order valence-electron chi connectivity index (χ4n) is 3.08. The number of benzene rings is 1. The average molecular weight is 353 g/mol. The van der Waals surface area contributed by atoms with Crippen molar-refractivity contribution in [1.82, 2.24) is 10.3 Å². The Morgan fingerprint density at radius 3 is 2.85 bits per heavy atom. The van der Waals surface area contributed by atoms with E-state index in [1.807, 2.05) is 49.4 Å². The maximum Gasteiger partial charge on any atom is 0.227 e. The molecule has 1 N–H and O–H groups in total. The fourth-order valence-corrected chi connectivity index (χ4v) is 3.08. The lowest BCUT2D eigenvalue weighted by Crippen LogP contribution is -2.34. The van der Waals surface area contributed by atoms with E-state index in [4.69, 9.17) is 4.74 Å². The van der Waals surface area contributed by atoms with Gasteiger partial charge in [-0.3, -0.25) is 14.6 Å². The molecule has 6 nitrogen and oxygen atoms in total. The van der Waals surface area contributed by atoms with Gasteiger partial charge in [-0.25, -0.2) is 0 Å². The summed E-state index contributed by atoms with van der Waals surface area (Å²) in [6.07, 6.45) is 2.63. The van der Waals surface area contributed by atoms with Gasteiger partial charge in [0.25, 0.3) is 0 Å². The second-order valence-corrected chi connectivity index (χ2v) is 6.17. The van der Waals surface area contributed by atoms with Crippen LogP contribution in [0.15, 0.2) is 48.7 Å². The molecule has 0 radical (unpaired) electrons. The van der Waals surface area contributed by atoms with E-state index in [0.29, 0.717) is 31.9 Å². The molecule has 1 atom stereocenters. The molecular formula is C20H23N3O3. The van der Waals surface area contributed by atoms with Crippen LogP contribution in [0.3, 0.4) is 0 Å². The van der Waals surface area contributed by atoms with Crippen molar-refractivity contribution in [3.8, 4) is 5.75 Å². The number of nitrogens with zero attached hydrogens (tertiary/aromatic N) is 2. The molecule has 0 spiro atoms. The van der Waals surface area contributed by atoms with Crippen molar-refractivity contribution in [2.45, 2.75) is 19.8 Å². The Kier molecular flexibility index (Phi) is 5.84. The van der Waals surface area contributed by atoms with Crippen molar-refractivity contribution < 1.29 is 14.3 Å². The highest BCUT2D eigenvalue weighted by Gasteiger charge is 2.36. The lowest BCUT2D eigenvalue weighted by atomic mass is 10.1. The number of carbonyl (C=O) groups excluding carboxylic acids is 2. The molecule has 26 heavy (non-hydrogen) atoms. The minimum atomic E-state index is -0.346. The van der Waals surface area contributed by atoms with E-state index < -0.39 is 0 Å². The number of amides is 2. The SMILES string of the molecule is CCOc1ccccc1N1C[C@@H](C(=O)NCCc2ccccn2)CC1=O. The molecule has 136 valence electrons. The third-order valence-electron chi connectivity index (χ3n) is 4.36. The number of hydrogen-bond acceptors (Lipinski definition) is 4. The van der Waals surface area contributed by atoms with Crippen LogP contribution in [0.1, 0.15) is 19.0 Å². The Labute approximate surface area is 153 Å². The van der Waals surface area contributed by atoms with Crippen LogP contribution in [0.4, 0.5) is 5.69 Å². The lowest BCUT2D eigenvalue weighted by molar-refractivity contribution is -0.126. The van der Waals surface area contributed by atoms with Crippen molar-refractivity contribution in [3.05, 3.63) is 54.4 Å². The molecule has 1 fully saturated rings. The van der Waals surface area contributed by atoms with Crippen LogP contribution in [0.25, 0.3) is 0 Å². The zero-order valence-corrected chi connectivity index (χ0v) is 14.9. The monoisotopic (exact) mass is 353 g/mol. The van der Waals surface area contributed by atoms with Gasteiger partial charge < -0.3 is 15.0 Å². The zero-order valence-electron chi connectivity index (χ0n) is 14.9. The van der Waals surface area contributed by atoms with Crippen molar-refractivity contribution in [1.29, 1.82) is 0 Å².